The molecular formula is C9H11BFNO3. The summed E-state index contributed by atoms with van der Waals surface area (Å²) in [5, 5.41) is 17.7. The number of nitrogens with zero attached hydrogens (tertiary/aromatic N) is 1. The van der Waals surface area contributed by atoms with E-state index in [1.54, 1.807) is 0 Å². The molecule has 0 radical (unpaired) electrons. The summed E-state index contributed by atoms with van der Waals surface area (Å²) in [6.45, 7) is 0. The molecule has 15 heavy (non-hydrogen) atoms. The zero-order valence-electron chi connectivity index (χ0n) is 8.44. The number of hydrogen-bond acceptors (Lipinski definition) is 3. The zero-order valence-corrected chi connectivity index (χ0v) is 8.44. The Morgan fingerprint density at radius 2 is 2.00 bits per heavy atom. The van der Waals surface area contributed by atoms with Gasteiger partial charge in [-0.05, 0) is 17.6 Å². The first-order valence-corrected chi connectivity index (χ1v) is 4.30. The van der Waals surface area contributed by atoms with Crippen LogP contribution in [0.15, 0.2) is 18.2 Å². The Balaban J connectivity index is 3.16. The van der Waals surface area contributed by atoms with Gasteiger partial charge in [0.25, 0.3) is 5.91 Å². The quantitative estimate of drug-likeness (QED) is 0.630. The van der Waals surface area contributed by atoms with Crippen molar-refractivity contribution in [3.05, 3.63) is 29.6 Å². The highest BCUT2D eigenvalue weighted by atomic mass is 19.1. The largest absolute Gasteiger partial charge is 0.488 e. The highest BCUT2D eigenvalue weighted by molar-refractivity contribution is 6.58. The maximum absolute atomic E-state index is 13.2. The topological polar surface area (TPSA) is 60.8 Å². The Morgan fingerprint density at radius 1 is 1.40 bits per heavy atom. The van der Waals surface area contributed by atoms with E-state index >= 15 is 0 Å². The van der Waals surface area contributed by atoms with Gasteiger partial charge in [-0.2, -0.15) is 0 Å². The molecule has 1 rings (SSSR count). The molecule has 2 N–H and O–H groups in total. The number of halogens is 1. The van der Waals surface area contributed by atoms with Crippen molar-refractivity contribution in [2.24, 2.45) is 0 Å². The Bertz CT molecular complexity index is 382. The molecule has 0 aliphatic rings. The monoisotopic (exact) mass is 211 g/mol. The minimum absolute atomic E-state index is 0.0848. The van der Waals surface area contributed by atoms with E-state index in [1.165, 1.54) is 25.1 Å². The molecule has 0 fully saturated rings. The van der Waals surface area contributed by atoms with Crippen LogP contribution in [0.2, 0.25) is 0 Å². The summed E-state index contributed by atoms with van der Waals surface area (Å²) in [5.41, 5.74) is -0.0906. The summed E-state index contributed by atoms with van der Waals surface area (Å²) < 4.78 is 13.2. The molecule has 6 heteroatoms. The van der Waals surface area contributed by atoms with Crippen LogP contribution < -0.4 is 5.46 Å². The van der Waals surface area contributed by atoms with Gasteiger partial charge < -0.3 is 14.9 Å². The lowest BCUT2D eigenvalue weighted by Crippen LogP contribution is -2.32. The summed E-state index contributed by atoms with van der Waals surface area (Å²) in [5.74, 6) is -1.20. The van der Waals surface area contributed by atoms with Crippen LogP contribution in [-0.4, -0.2) is 42.1 Å². The van der Waals surface area contributed by atoms with Crippen LogP contribution in [0, 0.1) is 5.82 Å². The van der Waals surface area contributed by atoms with E-state index < -0.39 is 18.8 Å². The number of benzene rings is 1. The van der Waals surface area contributed by atoms with E-state index in [1.807, 2.05) is 0 Å². The molecule has 0 saturated carbocycles. The van der Waals surface area contributed by atoms with Gasteiger partial charge in [0.15, 0.2) is 0 Å². The second-order valence-electron chi connectivity index (χ2n) is 3.31. The molecule has 0 bridgehead atoms. The SMILES string of the molecule is CN(C)C(=O)c1cc(B(O)O)ccc1F. The number of carbonyl (C=O) groups excluding carboxylic acids is 1. The van der Waals surface area contributed by atoms with Gasteiger partial charge in [-0.1, -0.05) is 6.07 Å². The van der Waals surface area contributed by atoms with Gasteiger partial charge >= 0.3 is 7.12 Å². The second-order valence-corrected chi connectivity index (χ2v) is 3.31. The van der Waals surface area contributed by atoms with E-state index in [4.69, 9.17) is 10.0 Å². The fourth-order valence-corrected chi connectivity index (χ4v) is 1.11. The molecule has 0 spiro atoms. The first kappa shape index (κ1) is 11.7. The third-order valence-corrected chi connectivity index (χ3v) is 1.93. The van der Waals surface area contributed by atoms with E-state index in [9.17, 15) is 9.18 Å². The number of amides is 1. The van der Waals surface area contributed by atoms with Crippen molar-refractivity contribution in [2.75, 3.05) is 14.1 Å². The van der Waals surface area contributed by atoms with Crippen LogP contribution in [0.25, 0.3) is 0 Å². The molecule has 0 aromatic heterocycles. The first-order valence-electron chi connectivity index (χ1n) is 4.30. The number of carbonyl (C=O) groups is 1. The zero-order chi connectivity index (χ0) is 11.6. The summed E-state index contributed by atoms with van der Waals surface area (Å²) in [7, 11) is 1.27. The molecule has 0 unspecified atom stereocenters. The van der Waals surface area contributed by atoms with Crippen molar-refractivity contribution < 1.29 is 19.2 Å². The molecular weight excluding hydrogens is 200 g/mol. The van der Waals surface area contributed by atoms with Gasteiger partial charge in [0, 0.05) is 14.1 Å². The smallest absolute Gasteiger partial charge is 0.423 e. The number of hydrogen-bond donors (Lipinski definition) is 2. The average molecular weight is 211 g/mol. The van der Waals surface area contributed by atoms with Gasteiger partial charge in [-0.25, -0.2) is 4.39 Å². The van der Waals surface area contributed by atoms with Crippen molar-refractivity contribution in [2.45, 2.75) is 0 Å². The maximum Gasteiger partial charge on any atom is 0.488 e. The van der Waals surface area contributed by atoms with E-state index in [0.717, 1.165) is 12.1 Å². The van der Waals surface area contributed by atoms with Crippen molar-refractivity contribution in [3.8, 4) is 0 Å². The van der Waals surface area contributed by atoms with Crippen LogP contribution in [0.4, 0.5) is 4.39 Å². The average Bonchev–Trinajstić information content (AvgIpc) is 2.16. The Kier molecular flexibility index (Phi) is 3.44. The fraction of sp³-hybridized carbons (Fsp3) is 0.222. The van der Waals surface area contributed by atoms with Crippen LogP contribution in [-0.2, 0) is 0 Å². The normalized spacial score (nSPS) is 9.93. The van der Waals surface area contributed by atoms with Crippen molar-refractivity contribution in [3.63, 3.8) is 0 Å². The third-order valence-electron chi connectivity index (χ3n) is 1.93. The molecule has 0 atom stereocenters. The summed E-state index contributed by atoms with van der Waals surface area (Å²) in [4.78, 5) is 12.7. The molecule has 80 valence electrons. The predicted octanol–water partition coefficient (Wildman–Crippen LogP) is -0.793. The van der Waals surface area contributed by atoms with E-state index in [-0.39, 0.29) is 11.0 Å². The molecule has 1 amide bonds. The third kappa shape index (κ3) is 2.54. The molecule has 1 aromatic rings. The highest BCUT2D eigenvalue weighted by Crippen LogP contribution is 2.07. The standard InChI is InChI=1S/C9H11BFNO3/c1-12(2)9(13)7-5-6(10(14)15)3-4-8(7)11/h3-5,14-15H,1-2H3. The predicted molar refractivity (Wildman–Crippen MR) is 54.2 cm³/mol. The second kappa shape index (κ2) is 4.42. The van der Waals surface area contributed by atoms with E-state index in [0.29, 0.717) is 0 Å². The lowest BCUT2D eigenvalue weighted by atomic mass is 9.79. The first-order chi connectivity index (χ1) is 6.93. The molecule has 0 heterocycles. The van der Waals surface area contributed by atoms with Gasteiger partial charge in [0.1, 0.15) is 5.82 Å². The minimum atomic E-state index is -1.71. The maximum atomic E-state index is 13.2. The van der Waals surface area contributed by atoms with Crippen LogP contribution >= 0.6 is 0 Å². The van der Waals surface area contributed by atoms with Crippen molar-refractivity contribution in [1.82, 2.24) is 4.90 Å². The van der Waals surface area contributed by atoms with Gasteiger partial charge in [0.05, 0.1) is 5.56 Å². The van der Waals surface area contributed by atoms with Crippen LogP contribution in [0.3, 0.4) is 0 Å². The highest BCUT2D eigenvalue weighted by Gasteiger charge is 2.18. The molecule has 4 nitrogen and oxygen atoms in total. The Hall–Kier alpha value is -1.40. The van der Waals surface area contributed by atoms with Crippen LogP contribution in [0.5, 0.6) is 0 Å². The minimum Gasteiger partial charge on any atom is -0.423 e. The lowest BCUT2D eigenvalue weighted by molar-refractivity contribution is 0.0823. The summed E-state index contributed by atoms with van der Waals surface area (Å²) in [6.07, 6.45) is 0. The van der Waals surface area contributed by atoms with Gasteiger partial charge in [-0.3, -0.25) is 4.79 Å². The fourth-order valence-electron chi connectivity index (χ4n) is 1.11. The van der Waals surface area contributed by atoms with Crippen LogP contribution in [0.1, 0.15) is 10.4 Å². The van der Waals surface area contributed by atoms with Crippen molar-refractivity contribution in [1.29, 1.82) is 0 Å². The van der Waals surface area contributed by atoms with Gasteiger partial charge in [0.2, 0.25) is 0 Å². The van der Waals surface area contributed by atoms with E-state index in [2.05, 4.69) is 0 Å². The molecule has 0 aliphatic heterocycles. The number of rotatable bonds is 2. The Morgan fingerprint density at radius 3 is 2.47 bits per heavy atom. The summed E-state index contributed by atoms with van der Waals surface area (Å²) >= 11 is 0. The van der Waals surface area contributed by atoms with Gasteiger partial charge in [-0.15, -0.1) is 0 Å². The molecule has 1 aromatic carbocycles. The van der Waals surface area contributed by atoms with Crippen molar-refractivity contribution >= 4 is 18.5 Å². The Labute approximate surface area is 87.1 Å². The molecule has 0 saturated heterocycles. The lowest BCUT2D eigenvalue weighted by Gasteiger charge is -2.11. The summed E-state index contributed by atoms with van der Waals surface area (Å²) in [6, 6.07) is 3.38. The molecule has 0 aliphatic carbocycles.